The van der Waals surface area contributed by atoms with Gasteiger partial charge in [-0.3, -0.25) is 4.90 Å². The van der Waals surface area contributed by atoms with Crippen LogP contribution >= 0.6 is 0 Å². The maximum absolute atomic E-state index is 4.52. The Balaban J connectivity index is 2.00. The van der Waals surface area contributed by atoms with Crippen LogP contribution in [0.1, 0.15) is 51.5 Å². The quantitative estimate of drug-likeness (QED) is 0.730. The smallest absolute Gasteiger partial charge is 0.173 e. The van der Waals surface area contributed by atoms with Gasteiger partial charge in [-0.15, -0.1) is 5.10 Å². The Hall–Kier alpha value is -1.99. The lowest BCUT2D eigenvalue weighted by atomic mass is 9.99. The normalized spacial score (nSPS) is 17.6. The summed E-state index contributed by atoms with van der Waals surface area (Å²) in [5.41, 5.74) is 2.33. The van der Waals surface area contributed by atoms with Gasteiger partial charge in [0.1, 0.15) is 0 Å². The number of hydrogen-bond acceptors (Lipinski definition) is 6. The summed E-state index contributed by atoms with van der Waals surface area (Å²) in [5.74, 6) is 0.939. The Kier molecular flexibility index (Phi) is 6.35. The second kappa shape index (κ2) is 8.57. The van der Waals surface area contributed by atoms with Gasteiger partial charge in [-0.2, -0.15) is 0 Å². The van der Waals surface area contributed by atoms with E-state index in [1.54, 1.807) is 0 Å². The lowest BCUT2D eigenvalue weighted by Gasteiger charge is -2.39. The molecule has 0 saturated carbocycles. The topological polar surface area (TPSA) is 53.3 Å². The van der Waals surface area contributed by atoms with Crippen LogP contribution in [0.15, 0.2) is 24.3 Å². The van der Waals surface area contributed by atoms with Crippen molar-refractivity contribution in [3.05, 3.63) is 35.7 Å². The van der Waals surface area contributed by atoms with Crippen LogP contribution in [0.25, 0.3) is 0 Å². The van der Waals surface area contributed by atoms with Crippen molar-refractivity contribution < 1.29 is 0 Å². The van der Waals surface area contributed by atoms with E-state index in [0.717, 1.165) is 45.0 Å². The van der Waals surface area contributed by atoms with E-state index >= 15 is 0 Å². The second-order valence-electron chi connectivity index (χ2n) is 8.47. The van der Waals surface area contributed by atoms with Crippen molar-refractivity contribution in [3.8, 4) is 0 Å². The molecule has 2 aromatic rings. The van der Waals surface area contributed by atoms with E-state index in [2.05, 4.69) is 96.3 Å². The van der Waals surface area contributed by atoms with Crippen LogP contribution in [0.5, 0.6) is 0 Å². The molecule has 1 aromatic carbocycles. The third-order valence-electron chi connectivity index (χ3n) is 6.12. The van der Waals surface area contributed by atoms with Gasteiger partial charge in [-0.05, 0) is 54.9 Å². The molecular weight excluding hydrogens is 350 g/mol. The Morgan fingerprint density at radius 2 is 1.68 bits per heavy atom. The highest BCUT2D eigenvalue weighted by Crippen LogP contribution is 2.32. The van der Waals surface area contributed by atoms with Crippen LogP contribution in [0, 0.1) is 0 Å². The molecule has 1 saturated heterocycles. The summed E-state index contributed by atoms with van der Waals surface area (Å²) < 4.78 is 2.03. The van der Waals surface area contributed by atoms with E-state index in [-0.39, 0.29) is 11.6 Å². The fourth-order valence-corrected chi connectivity index (χ4v) is 3.76. The van der Waals surface area contributed by atoms with E-state index in [0.29, 0.717) is 0 Å². The van der Waals surface area contributed by atoms with Gasteiger partial charge in [-0.25, -0.2) is 4.68 Å². The van der Waals surface area contributed by atoms with Crippen molar-refractivity contribution in [2.45, 2.75) is 45.7 Å². The van der Waals surface area contributed by atoms with E-state index in [9.17, 15) is 0 Å². The van der Waals surface area contributed by atoms with Crippen LogP contribution in [-0.2, 0) is 5.54 Å². The first-order valence-electron chi connectivity index (χ1n) is 10.4. The number of hydrogen-bond donors (Lipinski definition) is 0. The van der Waals surface area contributed by atoms with Gasteiger partial charge >= 0.3 is 0 Å². The Bertz CT molecular complexity index is 742. The van der Waals surface area contributed by atoms with Gasteiger partial charge in [0.15, 0.2) is 5.82 Å². The maximum Gasteiger partial charge on any atom is 0.173 e. The maximum atomic E-state index is 4.52. The van der Waals surface area contributed by atoms with Gasteiger partial charge in [0.05, 0.1) is 11.6 Å². The standard InChI is InChI=1S/C21H35N7/c1-7-21(3,4)28-20(22-23-24-28)19(27-15-13-26(8-2)14-16-27)17-9-11-18(12-10-17)25(5)6/h9-12,19H,7-8,13-16H2,1-6H3/t19-/m0/s1. The number of likely N-dealkylation sites (N-methyl/N-ethyl adjacent to an activating group) is 1. The number of anilines is 1. The number of benzene rings is 1. The van der Waals surface area contributed by atoms with Crippen LogP contribution in [0.3, 0.4) is 0 Å². The zero-order valence-electron chi connectivity index (χ0n) is 18.3. The summed E-state index contributed by atoms with van der Waals surface area (Å²) in [6.45, 7) is 14.1. The van der Waals surface area contributed by atoms with E-state index in [4.69, 9.17) is 0 Å². The van der Waals surface area contributed by atoms with Gasteiger partial charge in [0.2, 0.25) is 0 Å². The fraction of sp³-hybridized carbons (Fsp3) is 0.667. The first kappa shape index (κ1) is 20.7. The fourth-order valence-electron chi connectivity index (χ4n) is 3.76. The molecule has 0 aliphatic carbocycles. The number of piperazine rings is 1. The van der Waals surface area contributed by atoms with Crippen molar-refractivity contribution in [2.75, 3.05) is 51.7 Å². The molecule has 1 atom stereocenters. The Morgan fingerprint density at radius 1 is 1.04 bits per heavy atom. The van der Waals surface area contributed by atoms with Gasteiger partial charge in [-0.1, -0.05) is 26.0 Å². The monoisotopic (exact) mass is 385 g/mol. The van der Waals surface area contributed by atoms with Crippen LogP contribution in [0.4, 0.5) is 5.69 Å². The molecule has 7 nitrogen and oxygen atoms in total. The van der Waals surface area contributed by atoms with Crippen LogP contribution < -0.4 is 4.90 Å². The minimum Gasteiger partial charge on any atom is -0.378 e. The molecule has 28 heavy (non-hydrogen) atoms. The summed E-state index contributed by atoms with van der Waals surface area (Å²) in [4.78, 5) is 7.16. The van der Waals surface area contributed by atoms with Gasteiger partial charge < -0.3 is 9.80 Å². The second-order valence-corrected chi connectivity index (χ2v) is 8.47. The van der Waals surface area contributed by atoms with Gasteiger partial charge in [0, 0.05) is 46.0 Å². The molecule has 2 heterocycles. The third kappa shape index (κ3) is 4.20. The summed E-state index contributed by atoms with van der Waals surface area (Å²) in [7, 11) is 4.14. The highest BCUT2D eigenvalue weighted by atomic mass is 15.6. The average molecular weight is 386 g/mol. The molecule has 1 fully saturated rings. The van der Waals surface area contributed by atoms with E-state index < -0.39 is 0 Å². The summed E-state index contributed by atoms with van der Waals surface area (Å²) in [6.07, 6.45) is 0.973. The van der Waals surface area contributed by atoms with Crippen molar-refractivity contribution >= 4 is 5.69 Å². The largest absolute Gasteiger partial charge is 0.378 e. The van der Waals surface area contributed by atoms with Crippen molar-refractivity contribution in [3.63, 3.8) is 0 Å². The molecule has 3 rings (SSSR count). The zero-order chi connectivity index (χ0) is 20.3. The lowest BCUT2D eigenvalue weighted by Crippen LogP contribution is -2.48. The molecular formula is C21H35N7. The molecule has 1 aliphatic rings. The molecule has 0 N–H and O–H groups in total. The first-order valence-corrected chi connectivity index (χ1v) is 10.4. The molecule has 0 bridgehead atoms. The Labute approximate surface area is 169 Å². The lowest BCUT2D eigenvalue weighted by molar-refractivity contribution is 0.105. The van der Waals surface area contributed by atoms with Crippen molar-refractivity contribution in [2.24, 2.45) is 0 Å². The summed E-state index contributed by atoms with van der Waals surface area (Å²) >= 11 is 0. The summed E-state index contributed by atoms with van der Waals surface area (Å²) in [6, 6.07) is 8.89. The molecule has 0 spiro atoms. The predicted molar refractivity (Wildman–Crippen MR) is 114 cm³/mol. The molecule has 0 radical (unpaired) electrons. The SMILES string of the molecule is CCN1CCN([C@@H](c2ccc(N(C)C)cc2)c2nnnn2C(C)(C)CC)CC1. The Morgan fingerprint density at radius 3 is 2.21 bits per heavy atom. The predicted octanol–water partition coefficient (Wildman–Crippen LogP) is 2.61. The molecule has 154 valence electrons. The van der Waals surface area contributed by atoms with Crippen LogP contribution in [-0.4, -0.2) is 76.8 Å². The summed E-state index contributed by atoms with van der Waals surface area (Å²) in [5, 5.41) is 13.0. The number of tetrazole rings is 1. The zero-order valence-corrected chi connectivity index (χ0v) is 18.3. The first-order chi connectivity index (χ1) is 13.4. The molecule has 1 aromatic heterocycles. The number of aromatic nitrogens is 4. The minimum atomic E-state index is -0.119. The molecule has 1 aliphatic heterocycles. The minimum absolute atomic E-state index is 0.0658. The average Bonchev–Trinajstić information content (AvgIpc) is 3.19. The van der Waals surface area contributed by atoms with Crippen LogP contribution in [0.2, 0.25) is 0 Å². The highest BCUT2D eigenvalue weighted by molar-refractivity contribution is 5.47. The molecule has 7 heteroatoms. The van der Waals surface area contributed by atoms with Gasteiger partial charge in [0.25, 0.3) is 0 Å². The molecule has 0 amide bonds. The third-order valence-corrected chi connectivity index (χ3v) is 6.12. The number of rotatable bonds is 7. The highest BCUT2D eigenvalue weighted by Gasteiger charge is 2.33. The van der Waals surface area contributed by atoms with Crippen molar-refractivity contribution in [1.29, 1.82) is 0 Å². The number of nitrogens with zero attached hydrogens (tertiary/aromatic N) is 7. The van der Waals surface area contributed by atoms with E-state index in [1.807, 2.05) is 4.68 Å². The van der Waals surface area contributed by atoms with Crippen molar-refractivity contribution in [1.82, 2.24) is 30.0 Å². The van der Waals surface area contributed by atoms with E-state index in [1.165, 1.54) is 11.3 Å². The molecule has 0 unspecified atom stereocenters.